The number of aryl methyl sites for hydroxylation is 1. The van der Waals surface area contributed by atoms with Crippen molar-refractivity contribution in [3.63, 3.8) is 0 Å². The number of hydrogen-bond acceptors (Lipinski definition) is 6. The second-order valence-electron chi connectivity index (χ2n) is 8.41. The molecule has 8 heteroatoms. The second kappa shape index (κ2) is 6.63. The van der Waals surface area contributed by atoms with Gasteiger partial charge < -0.3 is 20.1 Å². The van der Waals surface area contributed by atoms with Gasteiger partial charge in [-0.2, -0.15) is 0 Å². The number of hydrogen-bond donors (Lipinski definition) is 2. The lowest BCUT2D eigenvalue weighted by molar-refractivity contribution is -0.172. The minimum Gasteiger partial charge on any atom is -0.458 e. The van der Waals surface area contributed by atoms with E-state index in [-0.39, 0.29) is 37.0 Å². The fraction of sp³-hybridized carbons (Fsp3) is 0.348. The summed E-state index contributed by atoms with van der Waals surface area (Å²) < 4.78 is 6.83. The number of benzene rings is 1. The van der Waals surface area contributed by atoms with E-state index in [4.69, 9.17) is 15.5 Å². The van der Waals surface area contributed by atoms with Crippen LogP contribution in [0.1, 0.15) is 53.6 Å². The molecule has 3 N–H and O–H groups in total. The van der Waals surface area contributed by atoms with Gasteiger partial charge in [0.2, 0.25) is 0 Å². The molecule has 3 aromatic rings. The zero-order valence-corrected chi connectivity index (χ0v) is 17.8. The molecule has 3 aliphatic rings. The van der Waals surface area contributed by atoms with E-state index < -0.39 is 11.6 Å². The van der Waals surface area contributed by atoms with Crippen LogP contribution in [0.4, 0.5) is 0 Å². The van der Waals surface area contributed by atoms with Crippen LogP contribution in [0.5, 0.6) is 0 Å². The molecule has 1 unspecified atom stereocenters. The third-order valence-corrected chi connectivity index (χ3v) is 6.97. The Morgan fingerprint density at radius 2 is 2.10 bits per heavy atom. The van der Waals surface area contributed by atoms with Gasteiger partial charge in [0.15, 0.2) is 5.60 Å². The number of cyclic esters (lactones) is 1. The van der Waals surface area contributed by atoms with Crippen LogP contribution in [-0.2, 0) is 34.7 Å². The molecule has 0 amide bonds. The fourth-order valence-electron chi connectivity index (χ4n) is 5.29. The second-order valence-corrected chi connectivity index (χ2v) is 8.41. The highest BCUT2D eigenvalue weighted by atomic mass is 35.5. The Labute approximate surface area is 184 Å². The third-order valence-electron chi connectivity index (χ3n) is 6.97. The first kappa shape index (κ1) is 20.2. The Hall–Kier alpha value is -2.74. The van der Waals surface area contributed by atoms with Gasteiger partial charge in [0.1, 0.15) is 6.61 Å². The summed E-state index contributed by atoms with van der Waals surface area (Å²) in [7, 11) is 0. The van der Waals surface area contributed by atoms with Crippen molar-refractivity contribution in [1.82, 2.24) is 9.55 Å². The van der Waals surface area contributed by atoms with Gasteiger partial charge in [-0.15, -0.1) is 12.4 Å². The SMILES string of the molecule is CC[C@@]1(O)C(=O)OCc2c1cc1n(c2=O)Cc2c-1nc1cccc3c1c2CCC3N.Cl. The van der Waals surface area contributed by atoms with Crippen LogP contribution < -0.4 is 11.3 Å². The Kier molecular flexibility index (Phi) is 4.31. The van der Waals surface area contributed by atoms with Crippen LogP contribution in [0.15, 0.2) is 29.1 Å². The monoisotopic (exact) mass is 439 g/mol. The van der Waals surface area contributed by atoms with E-state index in [1.165, 1.54) is 5.56 Å². The first-order chi connectivity index (χ1) is 14.4. The van der Waals surface area contributed by atoms with E-state index >= 15 is 0 Å². The zero-order valence-electron chi connectivity index (χ0n) is 17.0. The van der Waals surface area contributed by atoms with Crippen molar-refractivity contribution in [1.29, 1.82) is 0 Å². The van der Waals surface area contributed by atoms with Gasteiger partial charge in [-0.3, -0.25) is 4.79 Å². The maximum atomic E-state index is 13.3. The molecule has 0 saturated heterocycles. The van der Waals surface area contributed by atoms with E-state index in [0.29, 0.717) is 23.4 Å². The van der Waals surface area contributed by atoms with Gasteiger partial charge in [0.25, 0.3) is 5.56 Å². The normalized spacial score (nSPS) is 22.9. The highest BCUT2D eigenvalue weighted by Crippen LogP contribution is 2.43. The molecule has 0 radical (unpaired) electrons. The average Bonchev–Trinajstić information content (AvgIpc) is 3.12. The summed E-state index contributed by atoms with van der Waals surface area (Å²) >= 11 is 0. The molecular weight excluding hydrogens is 418 g/mol. The Morgan fingerprint density at radius 3 is 2.87 bits per heavy atom. The summed E-state index contributed by atoms with van der Waals surface area (Å²) in [6.07, 6.45) is 1.82. The van der Waals surface area contributed by atoms with Crippen LogP contribution in [0.2, 0.25) is 0 Å². The number of halogens is 1. The highest BCUT2D eigenvalue weighted by molar-refractivity contribution is 5.92. The smallest absolute Gasteiger partial charge is 0.343 e. The van der Waals surface area contributed by atoms with E-state index in [2.05, 4.69) is 6.07 Å². The first-order valence-electron chi connectivity index (χ1n) is 10.3. The molecule has 0 bridgehead atoms. The maximum absolute atomic E-state index is 13.3. The standard InChI is InChI=1S/C23H21N3O4.ClH/c1-2-23(29)15-8-18-20-13(9-26(18)21(27)14(15)10-30-22(23)28)11-6-7-16(24)12-4-3-5-17(25-20)19(11)12;/h3-5,8,16,29H,2,6-7,9-10,24H2,1H3;1H/t16?,23-;/m0./s1. The summed E-state index contributed by atoms with van der Waals surface area (Å²) in [6, 6.07) is 7.74. The third kappa shape index (κ3) is 2.45. The number of ether oxygens (including phenoxy) is 1. The number of nitrogens with zero attached hydrogens (tertiary/aromatic N) is 2. The summed E-state index contributed by atoms with van der Waals surface area (Å²) in [6.45, 7) is 2.01. The van der Waals surface area contributed by atoms with Crippen molar-refractivity contribution < 1.29 is 14.6 Å². The largest absolute Gasteiger partial charge is 0.458 e. The number of rotatable bonds is 1. The number of nitrogens with two attached hydrogens (primary N) is 1. The van der Waals surface area contributed by atoms with Crippen LogP contribution in [0, 0.1) is 0 Å². The average molecular weight is 440 g/mol. The summed E-state index contributed by atoms with van der Waals surface area (Å²) in [4.78, 5) is 30.5. The molecule has 31 heavy (non-hydrogen) atoms. The first-order valence-corrected chi connectivity index (χ1v) is 10.3. The minimum atomic E-state index is -1.81. The quantitative estimate of drug-likeness (QED) is 0.441. The molecule has 2 aliphatic heterocycles. The molecule has 7 nitrogen and oxygen atoms in total. The van der Waals surface area contributed by atoms with Crippen molar-refractivity contribution in [2.24, 2.45) is 5.73 Å². The molecule has 2 atom stereocenters. The Morgan fingerprint density at radius 1 is 1.29 bits per heavy atom. The molecular formula is C23H22ClN3O4. The van der Waals surface area contributed by atoms with Crippen LogP contribution in [0.25, 0.3) is 22.3 Å². The summed E-state index contributed by atoms with van der Waals surface area (Å²) in [5, 5.41) is 12.1. The van der Waals surface area contributed by atoms with Crippen LogP contribution >= 0.6 is 12.4 Å². The number of aromatic nitrogens is 2. The number of aliphatic hydroxyl groups is 1. The van der Waals surface area contributed by atoms with Gasteiger partial charge >= 0.3 is 5.97 Å². The molecule has 0 fully saturated rings. The predicted molar refractivity (Wildman–Crippen MR) is 117 cm³/mol. The highest BCUT2D eigenvalue weighted by Gasteiger charge is 2.45. The van der Waals surface area contributed by atoms with Gasteiger partial charge in [-0.25, -0.2) is 9.78 Å². The molecule has 6 rings (SSSR count). The molecule has 0 saturated carbocycles. The predicted octanol–water partition coefficient (Wildman–Crippen LogP) is 2.45. The Bertz CT molecular complexity index is 1350. The van der Waals surface area contributed by atoms with E-state index in [1.54, 1.807) is 17.6 Å². The van der Waals surface area contributed by atoms with Crippen molar-refractivity contribution >= 4 is 29.3 Å². The lowest BCUT2D eigenvalue weighted by Gasteiger charge is -2.31. The Balaban J connectivity index is 0.00000204. The summed E-state index contributed by atoms with van der Waals surface area (Å²) in [5.41, 5.74) is 10.6. The van der Waals surface area contributed by atoms with Gasteiger partial charge in [-0.05, 0) is 42.5 Å². The molecule has 0 spiro atoms. The lowest BCUT2D eigenvalue weighted by Crippen LogP contribution is -2.44. The van der Waals surface area contributed by atoms with Crippen molar-refractivity contribution in [2.45, 2.75) is 51.0 Å². The number of fused-ring (bicyclic) bond motifs is 5. The zero-order chi connectivity index (χ0) is 20.8. The molecule has 1 aliphatic carbocycles. The van der Waals surface area contributed by atoms with E-state index in [9.17, 15) is 14.7 Å². The van der Waals surface area contributed by atoms with Gasteiger partial charge in [-0.1, -0.05) is 19.1 Å². The van der Waals surface area contributed by atoms with Gasteiger partial charge in [0, 0.05) is 22.6 Å². The van der Waals surface area contributed by atoms with E-state index in [0.717, 1.165) is 40.6 Å². The molecule has 4 heterocycles. The van der Waals surface area contributed by atoms with Crippen molar-refractivity contribution in [3.8, 4) is 11.4 Å². The lowest BCUT2D eigenvalue weighted by atomic mass is 9.84. The fourth-order valence-corrected chi connectivity index (χ4v) is 5.29. The van der Waals surface area contributed by atoms with Crippen LogP contribution in [0.3, 0.4) is 0 Å². The van der Waals surface area contributed by atoms with Crippen molar-refractivity contribution in [3.05, 3.63) is 62.4 Å². The maximum Gasteiger partial charge on any atom is 0.343 e. The van der Waals surface area contributed by atoms with Gasteiger partial charge in [0.05, 0.1) is 29.0 Å². The topological polar surface area (TPSA) is 107 Å². The number of pyridine rings is 2. The van der Waals surface area contributed by atoms with E-state index in [1.807, 2.05) is 12.1 Å². The number of carbonyl (C=O) groups is 1. The molecule has 160 valence electrons. The van der Waals surface area contributed by atoms with Crippen LogP contribution in [-0.4, -0.2) is 20.6 Å². The molecule has 2 aromatic heterocycles. The van der Waals surface area contributed by atoms with Crippen molar-refractivity contribution in [2.75, 3.05) is 0 Å². The minimum absolute atomic E-state index is 0. The number of esters is 1. The number of carbonyl (C=O) groups excluding carboxylic acids is 1. The summed E-state index contributed by atoms with van der Waals surface area (Å²) in [5.74, 6) is -0.708. The molecule has 1 aromatic carbocycles.